The van der Waals surface area contributed by atoms with E-state index in [2.05, 4.69) is 5.32 Å². The van der Waals surface area contributed by atoms with Crippen molar-refractivity contribution in [1.29, 1.82) is 0 Å². The fourth-order valence-electron chi connectivity index (χ4n) is 2.53. The van der Waals surface area contributed by atoms with Crippen LogP contribution in [0.3, 0.4) is 0 Å². The summed E-state index contributed by atoms with van der Waals surface area (Å²) in [6, 6.07) is -0.719. The SMILES string of the molecule is CCC(CC)O[C@@H]1C=C(C(=O)OC)C[C@H](N)C1NC(C)=O. The van der Waals surface area contributed by atoms with Crippen molar-refractivity contribution in [2.45, 2.75) is 64.3 Å². The molecule has 3 atom stereocenters. The molecule has 21 heavy (non-hydrogen) atoms. The van der Waals surface area contributed by atoms with Gasteiger partial charge in [0.2, 0.25) is 5.91 Å². The Morgan fingerprint density at radius 2 is 2.05 bits per heavy atom. The predicted molar refractivity (Wildman–Crippen MR) is 79.5 cm³/mol. The summed E-state index contributed by atoms with van der Waals surface area (Å²) in [7, 11) is 1.34. The molecule has 0 aromatic heterocycles. The minimum atomic E-state index is -0.420. The van der Waals surface area contributed by atoms with Gasteiger partial charge in [0.1, 0.15) is 0 Å². The summed E-state index contributed by atoms with van der Waals surface area (Å²) in [6.45, 7) is 5.52. The topological polar surface area (TPSA) is 90.7 Å². The summed E-state index contributed by atoms with van der Waals surface area (Å²) in [5.74, 6) is -0.562. The van der Waals surface area contributed by atoms with Gasteiger partial charge in [-0.05, 0) is 25.3 Å². The number of hydrogen-bond donors (Lipinski definition) is 2. The van der Waals surface area contributed by atoms with Crippen molar-refractivity contribution < 1.29 is 19.1 Å². The molecule has 1 aliphatic rings. The molecule has 3 N–H and O–H groups in total. The predicted octanol–water partition coefficient (Wildman–Crippen LogP) is 0.895. The smallest absolute Gasteiger partial charge is 0.333 e. The third-order valence-electron chi connectivity index (χ3n) is 3.71. The number of carbonyl (C=O) groups is 2. The Kier molecular flexibility index (Phi) is 6.84. The van der Waals surface area contributed by atoms with Gasteiger partial charge in [0.25, 0.3) is 0 Å². The van der Waals surface area contributed by atoms with Crippen molar-refractivity contribution >= 4 is 11.9 Å². The summed E-state index contributed by atoms with van der Waals surface area (Å²) in [6.07, 6.45) is 3.45. The number of nitrogens with two attached hydrogens (primary N) is 1. The van der Waals surface area contributed by atoms with E-state index in [-0.39, 0.29) is 24.1 Å². The first kappa shape index (κ1) is 17.7. The van der Waals surface area contributed by atoms with Gasteiger partial charge in [0.15, 0.2) is 0 Å². The first-order valence-electron chi connectivity index (χ1n) is 7.40. The number of hydrogen-bond acceptors (Lipinski definition) is 5. The largest absolute Gasteiger partial charge is 0.466 e. The van der Waals surface area contributed by atoms with Crippen LogP contribution in [-0.2, 0) is 19.1 Å². The third-order valence-corrected chi connectivity index (χ3v) is 3.71. The van der Waals surface area contributed by atoms with E-state index in [1.807, 2.05) is 13.8 Å². The Bertz CT molecular complexity index is 404. The summed E-state index contributed by atoms with van der Waals surface area (Å²) >= 11 is 0. The molecule has 0 saturated carbocycles. The van der Waals surface area contributed by atoms with Crippen molar-refractivity contribution in [2.75, 3.05) is 7.11 Å². The molecule has 0 radical (unpaired) electrons. The van der Waals surface area contributed by atoms with Gasteiger partial charge in [0, 0.05) is 18.5 Å². The van der Waals surface area contributed by atoms with Crippen LogP contribution in [0.1, 0.15) is 40.0 Å². The molecule has 0 fully saturated rings. The first-order valence-corrected chi connectivity index (χ1v) is 7.40. The van der Waals surface area contributed by atoms with E-state index >= 15 is 0 Å². The molecule has 0 bridgehead atoms. The van der Waals surface area contributed by atoms with Crippen LogP contribution in [-0.4, -0.2) is 43.3 Å². The highest BCUT2D eigenvalue weighted by molar-refractivity contribution is 5.89. The van der Waals surface area contributed by atoms with E-state index in [9.17, 15) is 9.59 Å². The molecule has 1 aliphatic carbocycles. The van der Waals surface area contributed by atoms with Crippen LogP contribution in [0.25, 0.3) is 0 Å². The van der Waals surface area contributed by atoms with E-state index < -0.39 is 12.1 Å². The van der Waals surface area contributed by atoms with E-state index in [0.717, 1.165) is 12.8 Å². The average Bonchev–Trinajstić information content (AvgIpc) is 2.46. The summed E-state index contributed by atoms with van der Waals surface area (Å²) in [5.41, 5.74) is 6.62. The maximum absolute atomic E-state index is 11.7. The lowest BCUT2D eigenvalue weighted by atomic mass is 9.88. The lowest BCUT2D eigenvalue weighted by Crippen LogP contribution is -2.57. The number of nitrogens with one attached hydrogen (secondary N) is 1. The third kappa shape index (κ3) is 4.82. The van der Waals surface area contributed by atoms with Crippen molar-refractivity contribution in [3.63, 3.8) is 0 Å². The van der Waals surface area contributed by atoms with Gasteiger partial charge in [-0.3, -0.25) is 4.79 Å². The maximum Gasteiger partial charge on any atom is 0.333 e. The van der Waals surface area contributed by atoms with Crippen molar-refractivity contribution in [1.82, 2.24) is 5.32 Å². The zero-order valence-corrected chi connectivity index (χ0v) is 13.2. The molecule has 0 heterocycles. The Labute approximate surface area is 126 Å². The zero-order valence-electron chi connectivity index (χ0n) is 13.2. The fraction of sp³-hybridized carbons (Fsp3) is 0.733. The van der Waals surface area contributed by atoms with Gasteiger partial charge in [-0.2, -0.15) is 0 Å². The minimum Gasteiger partial charge on any atom is -0.466 e. The van der Waals surface area contributed by atoms with Crippen LogP contribution >= 0.6 is 0 Å². The maximum atomic E-state index is 11.7. The first-order chi connectivity index (χ1) is 9.92. The Morgan fingerprint density at radius 1 is 1.43 bits per heavy atom. The van der Waals surface area contributed by atoms with Crippen molar-refractivity contribution in [2.24, 2.45) is 5.73 Å². The molecule has 0 aliphatic heterocycles. The highest BCUT2D eigenvalue weighted by atomic mass is 16.5. The number of rotatable bonds is 6. The Hall–Kier alpha value is -1.40. The van der Waals surface area contributed by atoms with Gasteiger partial charge >= 0.3 is 5.97 Å². The quantitative estimate of drug-likeness (QED) is 0.711. The van der Waals surface area contributed by atoms with Gasteiger partial charge in [-0.1, -0.05) is 13.8 Å². The molecule has 0 aromatic rings. The molecule has 1 unspecified atom stereocenters. The Morgan fingerprint density at radius 3 is 2.52 bits per heavy atom. The molecular weight excluding hydrogens is 272 g/mol. The normalized spacial score (nSPS) is 25.4. The number of ether oxygens (including phenoxy) is 2. The highest BCUT2D eigenvalue weighted by Crippen LogP contribution is 2.23. The van der Waals surface area contributed by atoms with Gasteiger partial charge in [-0.25, -0.2) is 4.79 Å². The second kappa shape index (κ2) is 8.14. The van der Waals surface area contributed by atoms with Crippen LogP contribution in [0.4, 0.5) is 0 Å². The Balaban J connectivity index is 2.99. The lowest BCUT2D eigenvalue weighted by Gasteiger charge is -2.36. The number of esters is 1. The monoisotopic (exact) mass is 298 g/mol. The van der Waals surface area contributed by atoms with Crippen LogP contribution in [0, 0.1) is 0 Å². The van der Waals surface area contributed by atoms with Crippen LogP contribution in [0.2, 0.25) is 0 Å². The molecule has 1 amide bonds. The second-order valence-electron chi connectivity index (χ2n) is 5.32. The summed E-state index contributed by atoms with van der Waals surface area (Å²) in [4.78, 5) is 23.1. The second-order valence-corrected chi connectivity index (χ2v) is 5.32. The van der Waals surface area contributed by atoms with Gasteiger partial charge < -0.3 is 20.5 Å². The molecule has 1 rings (SSSR count). The molecule has 0 saturated heterocycles. The van der Waals surface area contributed by atoms with Crippen molar-refractivity contribution in [3.8, 4) is 0 Å². The van der Waals surface area contributed by atoms with Crippen LogP contribution in [0.15, 0.2) is 11.6 Å². The minimum absolute atomic E-state index is 0.0618. The average molecular weight is 298 g/mol. The zero-order chi connectivity index (χ0) is 16.0. The fourth-order valence-corrected chi connectivity index (χ4v) is 2.53. The van der Waals surface area contributed by atoms with Crippen molar-refractivity contribution in [3.05, 3.63) is 11.6 Å². The number of methoxy groups -OCH3 is 1. The molecule has 0 aromatic carbocycles. The molecule has 120 valence electrons. The summed E-state index contributed by atoms with van der Waals surface area (Å²) < 4.78 is 10.8. The number of amides is 1. The number of carbonyl (C=O) groups excluding carboxylic acids is 2. The lowest BCUT2D eigenvalue weighted by molar-refractivity contribution is -0.136. The van der Waals surface area contributed by atoms with E-state index in [1.54, 1.807) is 6.08 Å². The molecule has 0 spiro atoms. The van der Waals surface area contributed by atoms with Crippen LogP contribution in [0.5, 0.6) is 0 Å². The van der Waals surface area contributed by atoms with Gasteiger partial charge in [0.05, 0.1) is 25.4 Å². The molecule has 6 nitrogen and oxygen atoms in total. The van der Waals surface area contributed by atoms with E-state index in [1.165, 1.54) is 14.0 Å². The van der Waals surface area contributed by atoms with E-state index in [0.29, 0.717) is 12.0 Å². The van der Waals surface area contributed by atoms with E-state index in [4.69, 9.17) is 15.2 Å². The van der Waals surface area contributed by atoms with Crippen LogP contribution < -0.4 is 11.1 Å². The highest BCUT2D eigenvalue weighted by Gasteiger charge is 2.35. The molecule has 6 heteroatoms. The standard InChI is InChI=1S/C15H26N2O4/c1-5-11(6-2)21-13-8-10(15(19)20-4)7-12(16)14(13)17-9(3)18/h8,11-14H,5-7,16H2,1-4H3,(H,17,18)/t12-,13+,14?/m0/s1. The summed E-state index contributed by atoms with van der Waals surface area (Å²) in [5, 5.41) is 2.83. The van der Waals surface area contributed by atoms with Gasteiger partial charge in [-0.15, -0.1) is 0 Å². The molecular formula is C15H26N2O4.